The summed E-state index contributed by atoms with van der Waals surface area (Å²) >= 11 is 0. The van der Waals surface area contributed by atoms with E-state index in [0.29, 0.717) is 36.6 Å². The van der Waals surface area contributed by atoms with E-state index >= 15 is 0 Å². The fraction of sp³-hybridized carbons (Fsp3) is 0.464. The van der Waals surface area contributed by atoms with Gasteiger partial charge in [0.2, 0.25) is 0 Å². The van der Waals surface area contributed by atoms with E-state index in [0.717, 1.165) is 32.1 Å². The number of methoxy groups -OCH3 is 2. The molecule has 1 atom stereocenters. The van der Waals surface area contributed by atoms with Crippen LogP contribution in [0.4, 0.5) is 0 Å². The summed E-state index contributed by atoms with van der Waals surface area (Å²) < 4.78 is 16.1. The van der Waals surface area contributed by atoms with Crippen LogP contribution in [-0.2, 0) is 20.7 Å². The zero-order valence-corrected chi connectivity index (χ0v) is 21.1. The molecule has 1 aliphatic rings. The van der Waals surface area contributed by atoms with Crippen LogP contribution in [-0.4, -0.2) is 56.0 Å². The summed E-state index contributed by atoms with van der Waals surface area (Å²) in [5, 5.41) is 0. The zero-order chi connectivity index (χ0) is 25.4. The highest BCUT2D eigenvalue weighted by Gasteiger charge is 2.36. The molecule has 35 heavy (non-hydrogen) atoms. The van der Waals surface area contributed by atoms with Crippen molar-refractivity contribution >= 4 is 17.7 Å². The van der Waals surface area contributed by atoms with Gasteiger partial charge in [-0.05, 0) is 75.6 Å². The number of nitrogens with zero attached hydrogens (tertiary/aromatic N) is 1. The van der Waals surface area contributed by atoms with Crippen molar-refractivity contribution in [2.24, 2.45) is 0 Å². The summed E-state index contributed by atoms with van der Waals surface area (Å²) in [4.78, 5) is 40.4. The van der Waals surface area contributed by atoms with E-state index in [4.69, 9.17) is 14.2 Å². The molecule has 188 valence electrons. The Balaban J connectivity index is 1.58. The number of hydrogen-bond donors (Lipinski definition) is 0. The maximum atomic E-state index is 13.1. The molecular formula is C28H35NO6. The molecule has 0 aromatic heterocycles. The Kier molecular flexibility index (Phi) is 9.29. The Labute approximate surface area is 207 Å². The lowest BCUT2D eigenvalue weighted by Crippen LogP contribution is -2.51. The molecular weight excluding hydrogens is 446 g/mol. The molecule has 0 N–H and O–H groups in total. The Morgan fingerprint density at radius 1 is 0.971 bits per heavy atom. The highest BCUT2D eigenvalue weighted by atomic mass is 16.5. The Morgan fingerprint density at radius 2 is 1.71 bits per heavy atom. The number of hydrogen-bond acceptors (Lipinski definition) is 6. The van der Waals surface area contributed by atoms with Crippen molar-refractivity contribution < 1.29 is 28.6 Å². The topological polar surface area (TPSA) is 82.1 Å². The van der Waals surface area contributed by atoms with E-state index in [1.807, 2.05) is 0 Å². The first kappa shape index (κ1) is 26.3. The van der Waals surface area contributed by atoms with E-state index in [1.165, 1.54) is 36.3 Å². The normalized spacial score (nSPS) is 15.4. The van der Waals surface area contributed by atoms with Crippen LogP contribution in [0, 0.1) is 13.8 Å². The van der Waals surface area contributed by atoms with Gasteiger partial charge in [-0.1, -0.05) is 29.8 Å². The number of rotatable bonds is 10. The minimum Gasteiger partial charge on any atom is -0.493 e. The fourth-order valence-corrected chi connectivity index (χ4v) is 4.41. The second-order valence-corrected chi connectivity index (χ2v) is 8.98. The molecule has 0 spiro atoms. The molecule has 1 unspecified atom stereocenters. The van der Waals surface area contributed by atoms with Crippen molar-refractivity contribution in [2.45, 2.75) is 58.4 Å². The lowest BCUT2D eigenvalue weighted by atomic mass is 9.99. The smallest absolute Gasteiger partial charge is 0.328 e. The van der Waals surface area contributed by atoms with Gasteiger partial charge in [-0.3, -0.25) is 9.59 Å². The van der Waals surface area contributed by atoms with Crippen LogP contribution in [0.15, 0.2) is 36.4 Å². The van der Waals surface area contributed by atoms with Crippen molar-refractivity contribution in [3.8, 4) is 11.5 Å². The van der Waals surface area contributed by atoms with Gasteiger partial charge in [-0.15, -0.1) is 0 Å². The summed E-state index contributed by atoms with van der Waals surface area (Å²) in [6, 6.07) is 10.8. The van der Waals surface area contributed by atoms with Crippen LogP contribution in [0.25, 0.3) is 0 Å². The number of Topliss-reactive ketones (excluding diaryl/α,β-unsaturated/α-hetero) is 1. The number of piperidine rings is 1. The highest BCUT2D eigenvalue weighted by molar-refractivity contribution is 6.43. The molecule has 0 bridgehead atoms. The van der Waals surface area contributed by atoms with Crippen LogP contribution < -0.4 is 9.47 Å². The monoisotopic (exact) mass is 481 g/mol. The second-order valence-electron chi connectivity index (χ2n) is 8.98. The first-order valence-corrected chi connectivity index (χ1v) is 12.2. The third kappa shape index (κ3) is 6.62. The van der Waals surface area contributed by atoms with Gasteiger partial charge in [-0.25, -0.2) is 4.79 Å². The maximum Gasteiger partial charge on any atom is 0.328 e. The van der Waals surface area contributed by atoms with E-state index < -0.39 is 23.7 Å². The van der Waals surface area contributed by atoms with Crippen LogP contribution >= 0.6 is 0 Å². The fourth-order valence-electron chi connectivity index (χ4n) is 4.41. The van der Waals surface area contributed by atoms with Gasteiger partial charge in [0.25, 0.3) is 11.7 Å². The van der Waals surface area contributed by atoms with Gasteiger partial charge in [0.15, 0.2) is 11.5 Å². The number of ether oxygens (including phenoxy) is 3. The largest absolute Gasteiger partial charge is 0.493 e. The lowest BCUT2D eigenvalue weighted by molar-refractivity contribution is -0.155. The highest BCUT2D eigenvalue weighted by Crippen LogP contribution is 2.32. The first-order chi connectivity index (χ1) is 16.8. The molecule has 1 heterocycles. The number of carbonyl (C=O) groups excluding carboxylic acids is 3. The number of esters is 1. The third-order valence-corrected chi connectivity index (χ3v) is 6.38. The summed E-state index contributed by atoms with van der Waals surface area (Å²) in [7, 11) is 2.99. The zero-order valence-electron chi connectivity index (χ0n) is 21.1. The molecule has 0 aliphatic carbocycles. The number of amides is 1. The van der Waals surface area contributed by atoms with Crippen LogP contribution in [0.3, 0.4) is 0 Å². The number of carbonyl (C=O) groups is 3. The average molecular weight is 482 g/mol. The predicted octanol–water partition coefficient (Wildman–Crippen LogP) is 4.45. The Morgan fingerprint density at radius 3 is 2.40 bits per heavy atom. The molecule has 1 fully saturated rings. The molecule has 1 saturated heterocycles. The van der Waals surface area contributed by atoms with Crippen molar-refractivity contribution in [3.05, 3.63) is 58.7 Å². The van der Waals surface area contributed by atoms with E-state index in [1.54, 1.807) is 13.0 Å². The van der Waals surface area contributed by atoms with Crippen LogP contribution in [0.5, 0.6) is 11.5 Å². The number of benzene rings is 2. The van der Waals surface area contributed by atoms with Crippen molar-refractivity contribution in [1.29, 1.82) is 0 Å². The van der Waals surface area contributed by atoms with Gasteiger partial charge in [-0.2, -0.15) is 0 Å². The van der Waals surface area contributed by atoms with Gasteiger partial charge in [0.05, 0.1) is 20.8 Å². The summed E-state index contributed by atoms with van der Waals surface area (Å²) in [6.07, 6.45) is 4.60. The number of aryl methyl sites for hydroxylation is 3. The summed E-state index contributed by atoms with van der Waals surface area (Å²) in [6.45, 7) is 4.49. The first-order valence-electron chi connectivity index (χ1n) is 12.2. The third-order valence-electron chi connectivity index (χ3n) is 6.38. The van der Waals surface area contributed by atoms with Gasteiger partial charge < -0.3 is 19.1 Å². The summed E-state index contributed by atoms with van der Waals surface area (Å²) in [5.74, 6) is -0.920. The molecule has 0 radical (unpaired) electrons. The molecule has 1 aliphatic heterocycles. The Hall–Kier alpha value is -3.35. The average Bonchev–Trinajstić information content (AvgIpc) is 2.88. The Bertz CT molecular complexity index is 1050. The predicted molar refractivity (Wildman–Crippen MR) is 133 cm³/mol. The van der Waals surface area contributed by atoms with Crippen molar-refractivity contribution in [2.75, 3.05) is 27.4 Å². The number of unbranched alkanes of at least 4 members (excludes halogenated alkanes) is 1. The molecule has 7 nitrogen and oxygen atoms in total. The minimum atomic E-state index is -0.737. The lowest BCUT2D eigenvalue weighted by Gasteiger charge is -2.33. The van der Waals surface area contributed by atoms with Gasteiger partial charge in [0.1, 0.15) is 6.04 Å². The molecule has 2 aromatic carbocycles. The van der Waals surface area contributed by atoms with Crippen molar-refractivity contribution in [3.63, 3.8) is 0 Å². The van der Waals surface area contributed by atoms with E-state index in [9.17, 15) is 14.4 Å². The van der Waals surface area contributed by atoms with Crippen molar-refractivity contribution in [1.82, 2.24) is 4.90 Å². The minimum absolute atomic E-state index is 0.207. The van der Waals surface area contributed by atoms with Gasteiger partial charge in [0, 0.05) is 12.1 Å². The maximum absolute atomic E-state index is 13.1. The molecule has 1 amide bonds. The van der Waals surface area contributed by atoms with E-state index in [2.05, 4.69) is 31.2 Å². The standard InChI is InChI=1S/C28H35NO6/c1-19-11-13-21(14-12-19)9-6-8-16-35-28(32)23-10-5-7-15-29(23)27(31)25(30)22-17-20(2)26(34-4)24(18-22)33-3/h11-14,17-18,23H,5-10,15-16H2,1-4H3. The molecule has 7 heteroatoms. The van der Waals surface area contributed by atoms with Crippen LogP contribution in [0.2, 0.25) is 0 Å². The second kappa shape index (κ2) is 12.4. The SMILES string of the molecule is COc1cc(C(=O)C(=O)N2CCCCC2C(=O)OCCCCc2ccc(C)cc2)cc(C)c1OC. The molecule has 0 saturated carbocycles. The van der Waals surface area contributed by atoms with E-state index in [-0.39, 0.29) is 5.56 Å². The van der Waals surface area contributed by atoms with Crippen LogP contribution in [0.1, 0.15) is 59.2 Å². The molecule has 3 rings (SSSR count). The van der Waals surface area contributed by atoms with Gasteiger partial charge >= 0.3 is 5.97 Å². The summed E-state index contributed by atoms with van der Waals surface area (Å²) in [5.41, 5.74) is 3.38. The number of likely N-dealkylation sites (tertiary alicyclic amines) is 1. The molecule has 2 aromatic rings. The number of ketones is 1. The quantitative estimate of drug-likeness (QED) is 0.216.